The lowest BCUT2D eigenvalue weighted by molar-refractivity contribution is 0.0851. The summed E-state index contributed by atoms with van der Waals surface area (Å²) in [5, 5.41) is 0.735. The minimum absolute atomic E-state index is 0.464. The predicted molar refractivity (Wildman–Crippen MR) is 127 cm³/mol. The molecule has 5 rings (SSSR count). The third-order valence-electron chi connectivity index (χ3n) is 6.15. The van der Waals surface area contributed by atoms with Gasteiger partial charge in [-0.05, 0) is 48.7 Å². The molecule has 0 spiro atoms. The summed E-state index contributed by atoms with van der Waals surface area (Å²) >= 11 is 6.00. The Morgan fingerprint density at radius 2 is 1.68 bits per heavy atom. The molecule has 2 aromatic carbocycles. The summed E-state index contributed by atoms with van der Waals surface area (Å²) in [7, 11) is 4.22. The molecule has 4 aromatic rings. The molecule has 0 amide bonds. The summed E-state index contributed by atoms with van der Waals surface area (Å²) in [4.78, 5) is 11.9. The Morgan fingerprint density at radius 1 is 0.968 bits per heavy atom. The predicted octanol–water partition coefficient (Wildman–Crippen LogP) is 5.57. The molecule has 0 unspecified atom stereocenters. The zero-order chi connectivity index (χ0) is 21.4. The number of hydrogen-bond donors (Lipinski definition) is 0. The van der Waals surface area contributed by atoms with Crippen LogP contribution in [0.1, 0.15) is 12.8 Å². The van der Waals surface area contributed by atoms with E-state index in [0.29, 0.717) is 6.04 Å². The highest BCUT2D eigenvalue weighted by Crippen LogP contribution is 2.29. The largest absolute Gasteiger partial charge is 0.381 e. The Bertz CT molecular complexity index is 1190. The van der Waals surface area contributed by atoms with Crippen molar-refractivity contribution in [3.63, 3.8) is 0 Å². The van der Waals surface area contributed by atoms with Gasteiger partial charge in [-0.25, -0.2) is 4.98 Å². The van der Waals surface area contributed by atoms with Crippen molar-refractivity contribution >= 4 is 28.6 Å². The fraction of sp³-hybridized carbons (Fsp3) is 0.280. The zero-order valence-electron chi connectivity index (χ0n) is 17.8. The molecule has 0 bridgehead atoms. The van der Waals surface area contributed by atoms with Gasteiger partial charge in [0.05, 0.1) is 16.7 Å². The fourth-order valence-electron chi connectivity index (χ4n) is 4.28. The molecule has 5 nitrogen and oxygen atoms in total. The summed E-state index contributed by atoms with van der Waals surface area (Å²) in [6.45, 7) is 1.64. The van der Waals surface area contributed by atoms with Crippen molar-refractivity contribution in [1.29, 1.82) is 0 Å². The number of fused-ring (bicyclic) bond motifs is 1. The molecular weight excluding hydrogens is 408 g/mol. The number of nitrogens with zero attached hydrogens (tertiary/aromatic N) is 4. The lowest BCUT2D eigenvalue weighted by Crippen LogP contribution is -2.38. The van der Waals surface area contributed by atoms with Gasteiger partial charge in [0.2, 0.25) is 5.95 Å². The minimum atomic E-state index is 0.464. The van der Waals surface area contributed by atoms with Crippen LogP contribution in [-0.4, -0.2) is 40.8 Å². The molecule has 1 fully saturated rings. The van der Waals surface area contributed by atoms with Crippen LogP contribution in [0.25, 0.3) is 33.4 Å². The number of anilines is 1. The van der Waals surface area contributed by atoms with Crippen molar-refractivity contribution in [1.82, 2.24) is 14.5 Å². The third-order valence-corrected chi connectivity index (χ3v) is 6.40. The lowest BCUT2D eigenvalue weighted by atomic mass is 10.1. The highest BCUT2D eigenvalue weighted by Gasteiger charge is 2.22. The number of aryl methyl sites for hydroxylation is 1. The average Bonchev–Trinajstić information content (AvgIpc) is 3.15. The number of rotatable bonds is 4. The highest BCUT2D eigenvalue weighted by molar-refractivity contribution is 6.30. The molecule has 0 N–H and O–H groups in total. The van der Waals surface area contributed by atoms with Gasteiger partial charge >= 0.3 is 0 Å². The zero-order valence-corrected chi connectivity index (χ0v) is 18.5. The molecule has 158 valence electrons. The van der Waals surface area contributed by atoms with E-state index in [2.05, 4.69) is 53.9 Å². The lowest BCUT2D eigenvalue weighted by Gasteiger charge is -2.31. The second-order valence-electron chi connectivity index (χ2n) is 8.07. The van der Waals surface area contributed by atoms with E-state index >= 15 is 0 Å². The normalized spacial score (nSPS) is 14.8. The molecular formula is C25H25ClN4O. The van der Waals surface area contributed by atoms with Crippen molar-refractivity contribution in [3.8, 4) is 22.4 Å². The van der Waals surface area contributed by atoms with Crippen molar-refractivity contribution in [2.75, 3.05) is 25.2 Å². The van der Waals surface area contributed by atoms with E-state index in [-0.39, 0.29) is 0 Å². The Kier molecular flexibility index (Phi) is 5.38. The summed E-state index contributed by atoms with van der Waals surface area (Å²) in [5.41, 5.74) is 6.27. The van der Waals surface area contributed by atoms with E-state index in [1.54, 1.807) is 0 Å². The number of benzene rings is 2. The van der Waals surface area contributed by atoms with Crippen molar-refractivity contribution in [2.45, 2.75) is 18.9 Å². The summed E-state index contributed by atoms with van der Waals surface area (Å²) in [5.74, 6) is 0.991. The van der Waals surface area contributed by atoms with E-state index in [9.17, 15) is 0 Å². The standard InChI is InChI=1S/C25H25ClN4O/c1-29(21-11-13-31-14-12-21)25-28-23-15-18(6-10-24(23)30(25)2)22-9-5-19(16-27-22)17-3-7-20(26)8-4-17/h3-10,15-16,21H,11-14H2,1-2H3. The Morgan fingerprint density at radius 3 is 2.39 bits per heavy atom. The first-order valence-corrected chi connectivity index (χ1v) is 11.0. The second kappa shape index (κ2) is 8.33. The van der Waals surface area contributed by atoms with Crippen LogP contribution in [0.15, 0.2) is 60.8 Å². The SMILES string of the molecule is CN(c1nc2cc(-c3ccc(-c4ccc(Cl)cc4)cn3)ccc2n1C)C1CCOCC1. The fourth-order valence-corrected chi connectivity index (χ4v) is 4.40. The number of imidazole rings is 1. The molecule has 3 heterocycles. The molecule has 2 aromatic heterocycles. The molecule has 1 saturated heterocycles. The molecule has 0 aliphatic carbocycles. The van der Waals surface area contributed by atoms with Gasteiger partial charge in [0.25, 0.3) is 0 Å². The van der Waals surface area contributed by atoms with Gasteiger partial charge in [0.15, 0.2) is 0 Å². The first kappa shape index (κ1) is 20.0. The van der Waals surface area contributed by atoms with Crippen LogP contribution in [0.3, 0.4) is 0 Å². The Balaban J connectivity index is 1.43. The molecule has 1 aliphatic rings. The highest BCUT2D eigenvalue weighted by atomic mass is 35.5. The molecule has 31 heavy (non-hydrogen) atoms. The first-order valence-electron chi connectivity index (χ1n) is 10.6. The Labute approximate surface area is 187 Å². The van der Waals surface area contributed by atoms with Crippen LogP contribution in [0.2, 0.25) is 5.02 Å². The second-order valence-corrected chi connectivity index (χ2v) is 8.50. The maximum Gasteiger partial charge on any atom is 0.206 e. The molecule has 0 saturated carbocycles. The molecule has 1 aliphatic heterocycles. The van der Waals surface area contributed by atoms with Gasteiger partial charge in [-0.1, -0.05) is 35.9 Å². The maximum atomic E-state index is 6.00. The van der Waals surface area contributed by atoms with Gasteiger partial charge < -0.3 is 14.2 Å². The Hall–Kier alpha value is -2.89. The van der Waals surface area contributed by atoms with Crippen molar-refractivity contribution in [2.24, 2.45) is 7.05 Å². The topological polar surface area (TPSA) is 43.2 Å². The monoisotopic (exact) mass is 432 g/mol. The van der Waals surface area contributed by atoms with Gasteiger partial charge in [-0.2, -0.15) is 0 Å². The van der Waals surface area contributed by atoms with Crippen LogP contribution in [-0.2, 0) is 11.8 Å². The maximum absolute atomic E-state index is 6.00. The number of hydrogen-bond acceptors (Lipinski definition) is 4. The number of aromatic nitrogens is 3. The number of halogens is 1. The van der Waals surface area contributed by atoms with Crippen molar-refractivity contribution in [3.05, 3.63) is 65.8 Å². The first-order chi connectivity index (χ1) is 15.1. The van der Waals surface area contributed by atoms with E-state index in [1.807, 2.05) is 30.5 Å². The van der Waals surface area contributed by atoms with E-state index in [1.165, 1.54) is 0 Å². The smallest absolute Gasteiger partial charge is 0.206 e. The minimum Gasteiger partial charge on any atom is -0.381 e. The van der Waals surface area contributed by atoms with E-state index in [4.69, 9.17) is 26.3 Å². The van der Waals surface area contributed by atoms with Gasteiger partial charge in [-0.15, -0.1) is 0 Å². The summed E-state index contributed by atoms with van der Waals surface area (Å²) < 4.78 is 7.69. The van der Waals surface area contributed by atoms with Gasteiger partial charge in [0.1, 0.15) is 0 Å². The average molecular weight is 433 g/mol. The van der Waals surface area contributed by atoms with Crippen molar-refractivity contribution < 1.29 is 4.74 Å². The van der Waals surface area contributed by atoms with Crippen LogP contribution < -0.4 is 4.90 Å². The quantitative estimate of drug-likeness (QED) is 0.422. The van der Waals surface area contributed by atoms with Crippen LogP contribution >= 0.6 is 11.6 Å². The number of pyridine rings is 1. The molecule has 0 radical (unpaired) electrons. The van der Waals surface area contributed by atoms with Gasteiger partial charge in [0, 0.05) is 55.7 Å². The summed E-state index contributed by atoms with van der Waals surface area (Å²) in [6, 6.07) is 18.8. The number of ether oxygens (including phenoxy) is 1. The van der Waals surface area contributed by atoms with Gasteiger partial charge in [-0.3, -0.25) is 4.98 Å². The third kappa shape index (κ3) is 3.91. The summed E-state index contributed by atoms with van der Waals surface area (Å²) in [6.07, 6.45) is 3.98. The molecule has 6 heteroatoms. The van der Waals surface area contributed by atoms with Crippen LogP contribution in [0.5, 0.6) is 0 Å². The van der Waals surface area contributed by atoms with Crippen LogP contribution in [0.4, 0.5) is 5.95 Å². The van der Waals surface area contributed by atoms with E-state index in [0.717, 1.165) is 70.4 Å². The van der Waals surface area contributed by atoms with E-state index < -0.39 is 0 Å². The van der Waals surface area contributed by atoms with Crippen LogP contribution in [0, 0.1) is 0 Å². The molecule has 0 atom stereocenters.